The number of thiophene rings is 1. The molecule has 0 unspecified atom stereocenters. The number of aromatic nitrogens is 1. The fraction of sp³-hybridized carbons (Fsp3) is 0.526. The molecule has 2 N–H and O–H groups in total. The summed E-state index contributed by atoms with van der Waals surface area (Å²) in [5.74, 6) is -0.630. The van der Waals surface area contributed by atoms with Gasteiger partial charge < -0.3 is 9.64 Å². The van der Waals surface area contributed by atoms with Gasteiger partial charge in [-0.05, 0) is 31.4 Å². The van der Waals surface area contributed by atoms with Crippen LogP contribution in [0, 0.1) is 6.92 Å². The number of hydrogen-bond acceptors (Lipinski definition) is 7. The van der Waals surface area contributed by atoms with Crippen molar-refractivity contribution in [2.24, 2.45) is 0 Å². The minimum absolute atomic E-state index is 0.286. The number of rotatable bonds is 6. The van der Waals surface area contributed by atoms with Crippen molar-refractivity contribution in [3.8, 4) is 0 Å². The molecule has 2 aromatic heterocycles. The third kappa shape index (κ3) is 4.71. The Hall–Kier alpha value is -1.97. The highest BCUT2D eigenvalue weighted by Crippen LogP contribution is 2.27. The smallest absolute Gasteiger partial charge is 0.281 e. The number of hydrazine groups is 1. The van der Waals surface area contributed by atoms with E-state index < -0.39 is 0 Å². The maximum absolute atomic E-state index is 12.5. The van der Waals surface area contributed by atoms with E-state index in [1.54, 1.807) is 6.92 Å². The van der Waals surface area contributed by atoms with Crippen molar-refractivity contribution in [2.45, 2.75) is 40.0 Å². The van der Waals surface area contributed by atoms with Crippen LogP contribution in [0.1, 0.15) is 55.7 Å². The summed E-state index contributed by atoms with van der Waals surface area (Å²) in [6, 6.07) is 1.92. The molecule has 152 valence electrons. The predicted molar refractivity (Wildman–Crippen MR) is 113 cm³/mol. The lowest BCUT2D eigenvalue weighted by Crippen LogP contribution is -2.41. The van der Waals surface area contributed by atoms with Crippen LogP contribution < -0.4 is 15.8 Å². The second kappa shape index (κ2) is 9.49. The minimum Gasteiger partial charge on any atom is -0.378 e. The lowest BCUT2D eigenvalue weighted by atomic mass is 10.1. The highest BCUT2D eigenvalue weighted by atomic mass is 32.1. The lowest BCUT2D eigenvalue weighted by Gasteiger charge is -2.25. The Labute approximate surface area is 173 Å². The third-order valence-corrected chi connectivity index (χ3v) is 6.99. The number of thiazole rings is 1. The third-order valence-electron chi connectivity index (χ3n) is 4.54. The topological polar surface area (TPSA) is 83.6 Å². The van der Waals surface area contributed by atoms with Crippen LogP contribution >= 0.6 is 22.7 Å². The maximum atomic E-state index is 12.5. The fourth-order valence-corrected chi connectivity index (χ4v) is 5.30. The van der Waals surface area contributed by atoms with Crippen molar-refractivity contribution in [3.63, 3.8) is 0 Å². The lowest BCUT2D eigenvalue weighted by molar-refractivity contribution is 0.0850. The number of hydrogen-bond donors (Lipinski definition) is 2. The van der Waals surface area contributed by atoms with Crippen LogP contribution in [0.15, 0.2) is 6.07 Å². The molecule has 1 saturated heterocycles. The van der Waals surface area contributed by atoms with Gasteiger partial charge in [-0.15, -0.1) is 11.3 Å². The summed E-state index contributed by atoms with van der Waals surface area (Å²) in [6.07, 6.45) is 2.91. The summed E-state index contributed by atoms with van der Waals surface area (Å²) in [5.41, 5.74) is 6.93. The number of anilines is 1. The SMILES string of the molecule is CCCc1sc(C(=O)NNC(=O)c2sc(N3CCOCC3)nc2C)cc1CC. The molecular formula is C19H26N4O3S2. The van der Waals surface area contributed by atoms with E-state index in [0.717, 1.165) is 37.5 Å². The van der Waals surface area contributed by atoms with E-state index >= 15 is 0 Å². The average molecular weight is 423 g/mol. The van der Waals surface area contributed by atoms with E-state index in [4.69, 9.17) is 4.74 Å². The number of amides is 2. The van der Waals surface area contributed by atoms with E-state index in [9.17, 15) is 9.59 Å². The summed E-state index contributed by atoms with van der Waals surface area (Å²) < 4.78 is 5.36. The van der Waals surface area contributed by atoms with Crippen LogP contribution in [-0.4, -0.2) is 43.1 Å². The summed E-state index contributed by atoms with van der Waals surface area (Å²) in [7, 11) is 0. The quantitative estimate of drug-likeness (QED) is 0.700. The first kappa shape index (κ1) is 20.8. The molecule has 1 aliphatic heterocycles. The molecule has 1 fully saturated rings. The molecular weight excluding hydrogens is 396 g/mol. The first-order valence-corrected chi connectivity index (χ1v) is 11.2. The van der Waals surface area contributed by atoms with Gasteiger partial charge in [0.15, 0.2) is 5.13 Å². The van der Waals surface area contributed by atoms with Crippen molar-refractivity contribution < 1.29 is 14.3 Å². The normalized spacial score (nSPS) is 14.2. The Bertz CT molecular complexity index is 840. The monoisotopic (exact) mass is 422 g/mol. The summed E-state index contributed by atoms with van der Waals surface area (Å²) >= 11 is 2.84. The van der Waals surface area contributed by atoms with Gasteiger partial charge in [-0.3, -0.25) is 20.4 Å². The molecule has 3 heterocycles. The highest BCUT2D eigenvalue weighted by molar-refractivity contribution is 7.17. The Kier molecular flexibility index (Phi) is 7.03. The Balaban J connectivity index is 1.62. The van der Waals surface area contributed by atoms with Crippen molar-refractivity contribution in [2.75, 3.05) is 31.2 Å². The zero-order valence-corrected chi connectivity index (χ0v) is 18.1. The van der Waals surface area contributed by atoms with Crippen LogP contribution in [-0.2, 0) is 17.6 Å². The van der Waals surface area contributed by atoms with E-state index in [1.807, 2.05) is 6.07 Å². The number of morpholine rings is 1. The average Bonchev–Trinajstić information content (AvgIpc) is 3.30. The largest absolute Gasteiger partial charge is 0.378 e. The molecule has 1 aliphatic rings. The van der Waals surface area contributed by atoms with Gasteiger partial charge in [-0.2, -0.15) is 0 Å². The Morgan fingerprint density at radius 1 is 1.18 bits per heavy atom. The first-order valence-electron chi connectivity index (χ1n) is 9.55. The van der Waals surface area contributed by atoms with Crippen LogP contribution in [0.4, 0.5) is 5.13 Å². The van der Waals surface area contributed by atoms with Gasteiger partial charge in [0.2, 0.25) is 0 Å². The molecule has 0 bridgehead atoms. The van der Waals surface area contributed by atoms with Gasteiger partial charge >= 0.3 is 0 Å². The number of carbonyl (C=O) groups excluding carboxylic acids is 2. The number of carbonyl (C=O) groups is 2. The molecule has 0 aromatic carbocycles. The van der Waals surface area contributed by atoms with Gasteiger partial charge in [0.05, 0.1) is 23.8 Å². The van der Waals surface area contributed by atoms with Gasteiger partial charge in [-0.25, -0.2) is 4.98 Å². The van der Waals surface area contributed by atoms with E-state index in [1.165, 1.54) is 33.1 Å². The van der Waals surface area contributed by atoms with E-state index in [-0.39, 0.29) is 11.8 Å². The maximum Gasteiger partial charge on any atom is 0.281 e. The van der Waals surface area contributed by atoms with Gasteiger partial charge in [0.1, 0.15) is 4.88 Å². The number of ether oxygens (including phenoxy) is 1. The van der Waals surface area contributed by atoms with Gasteiger partial charge in [0, 0.05) is 18.0 Å². The van der Waals surface area contributed by atoms with Crippen LogP contribution in [0.25, 0.3) is 0 Å². The Morgan fingerprint density at radius 3 is 2.57 bits per heavy atom. The highest BCUT2D eigenvalue weighted by Gasteiger charge is 2.21. The van der Waals surface area contributed by atoms with Crippen molar-refractivity contribution in [1.29, 1.82) is 0 Å². The fourth-order valence-electron chi connectivity index (χ4n) is 3.03. The van der Waals surface area contributed by atoms with Crippen molar-refractivity contribution in [1.82, 2.24) is 15.8 Å². The van der Waals surface area contributed by atoms with E-state index in [2.05, 4.69) is 34.6 Å². The number of aryl methyl sites for hydroxylation is 3. The predicted octanol–water partition coefficient (Wildman–Crippen LogP) is 2.94. The molecule has 2 amide bonds. The molecule has 0 spiro atoms. The zero-order chi connectivity index (χ0) is 20.1. The van der Waals surface area contributed by atoms with Crippen LogP contribution in [0.5, 0.6) is 0 Å². The van der Waals surface area contributed by atoms with E-state index in [0.29, 0.717) is 28.7 Å². The van der Waals surface area contributed by atoms with Gasteiger partial charge in [-0.1, -0.05) is 31.6 Å². The van der Waals surface area contributed by atoms with Gasteiger partial charge in [0.25, 0.3) is 11.8 Å². The van der Waals surface area contributed by atoms with Crippen molar-refractivity contribution >= 4 is 39.6 Å². The van der Waals surface area contributed by atoms with Crippen molar-refractivity contribution in [3.05, 3.63) is 32.0 Å². The zero-order valence-electron chi connectivity index (χ0n) is 16.5. The summed E-state index contributed by atoms with van der Waals surface area (Å²) in [4.78, 5) is 34.0. The standard InChI is InChI=1S/C19H26N4O3S2/c1-4-6-14-13(5-2)11-15(27-14)17(24)21-22-18(25)16-12(3)20-19(28-16)23-7-9-26-10-8-23/h11H,4-10H2,1-3H3,(H,21,24)(H,22,25). The summed E-state index contributed by atoms with van der Waals surface area (Å²) in [5, 5.41) is 0.812. The molecule has 7 nitrogen and oxygen atoms in total. The molecule has 0 radical (unpaired) electrons. The number of nitrogens with one attached hydrogen (secondary N) is 2. The second-order valence-corrected chi connectivity index (χ2v) is 8.70. The molecule has 9 heteroatoms. The second-order valence-electron chi connectivity index (χ2n) is 6.58. The molecule has 0 atom stereocenters. The van der Waals surface area contributed by atoms with Crippen LogP contribution in [0.3, 0.4) is 0 Å². The molecule has 28 heavy (non-hydrogen) atoms. The molecule has 0 aliphatic carbocycles. The number of nitrogens with zero attached hydrogens (tertiary/aromatic N) is 2. The summed E-state index contributed by atoms with van der Waals surface area (Å²) in [6.45, 7) is 8.88. The Morgan fingerprint density at radius 2 is 1.89 bits per heavy atom. The first-order chi connectivity index (χ1) is 13.5. The molecule has 3 rings (SSSR count). The molecule has 0 saturated carbocycles. The minimum atomic E-state index is -0.344. The molecule has 2 aromatic rings. The van der Waals surface area contributed by atoms with Crippen LogP contribution in [0.2, 0.25) is 0 Å².